The van der Waals surface area contributed by atoms with Gasteiger partial charge in [-0.1, -0.05) is 21.1 Å². The first-order valence-electron chi connectivity index (χ1n) is 5.48. The molecule has 0 aliphatic carbocycles. The van der Waals surface area contributed by atoms with E-state index in [-0.39, 0.29) is 6.61 Å². The van der Waals surface area contributed by atoms with E-state index in [2.05, 4.69) is 31.1 Å². The maximum atomic E-state index is 8.83. The second-order valence-corrected chi connectivity index (χ2v) is 4.79. The van der Waals surface area contributed by atoms with E-state index in [0.29, 0.717) is 18.1 Å². The molecule has 92 valence electrons. The molecular formula is C12H10BrN3O2. The summed E-state index contributed by atoms with van der Waals surface area (Å²) < 4.78 is 6.06. The van der Waals surface area contributed by atoms with E-state index in [1.807, 2.05) is 24.4 Å². The number of halogens is 1. The van der Waals surface area contributed by atoms with Crippen LogP contribution in [0.2, 0.25) is 0 Å². The van der Waals surface area contributed by atoms with Crippen LogP contribution in [0.25, 0.3) is 22.3 Å². The number of hydrogen-bond acceptors (Lipinski definition) is 4. The molecule has 0 saturated carbocycles. The van der Waals surface area contributed by atoms with Crippen molar-refractivity contribution in [3.63, 3.8) is 0 Å². The van der Waals surface area contributed by atoms with Gasteiger partial charge in [-0.2, -0.15) is 4.98 Å². The van der Waals surface area contributed by atoms with Crippen LogP contribution >= 0.6 is 15.9 Å². The minimum absolute atomic E-state index is 0.00106. The number of nitrogens with zero attached hydrogens (tertiary/aromatic N) is 2. The number of aromatic nitrogens is 3. The lowest BCUT2D eigenvalue weighted by Gasteiger charge is -1.93. The van der Waals surface area contributed by atoms with E-state index in [9.17, 15) is 0 Å². The van der Waals surface area contributed by atoms with Crippen LogP contribution in [0, 0.1) is 0 Å². The third kappa shape index (κ3) is 1.93. The van der Waals surface area contributed by atoms with Gasteiger partial charge in [0.25, 0.3) is 0 Å². The molecule has 1 aromatic carbocycles. The number of rotatable bonds is 3. The monoisotopic (exact) mass is 307 g/mol. The van der Waals surface area contributed by atoms with E-state index >= 15 is 0 Å². The smallest absolute Gasteiger partial charge is 0.229 e. The summed E-state index contributed by atoms with van der Waals surface area (Å²) in [6.45, 7) is 0.00106. The zero-order chi connectivity index (χ0) is 12.5. The molecule has 0 fully saturated rings. The molecular weight excluding hydrogens is 298 g/mol. The maximum absolute atomic E-state index is 8.83. The minimum atomic E-state index is 0.00106. The molecule has 0 amide bonds. The highest BCUT2D eigenvalue weighted by Crippen LogP contribution is 2.28. The molecule has 0 saturated heterocycles. The molecule has 0 radical (unpaired) electrons. The second-order valence-electron chi connectivity index (χ2n) is 3.88. The van der Waals surface area contributed by atoms with Crippen molar-refractivity contribution in [1.29, 1.82) is 0 Å². The van der Waals surface area contributed by atoms with Gasteiger partial charge in [0.15, 0.2) is 0 Å². The van der Waals surface area contributed by atoms with Crippen LogP contribution < -0.4 is 0 Å². The predicted molar refractivity (Wildman–Crippen MR) is 70.1 cm³/mol. The standard InChI is InChI=1S/C12H10BrN3O2/c13-7-1-2-10-8(5-7)9(6-14-10)12-15-11(3-4-17)18-16-12/h1-2,5-6,14,17H,3-4H2. The van der Waals surface area contributed by atoms with E-state index in [1.54, 1.807) is 0 Å². The van der Waals surface area contributed by atoms with Gasteiger partial charge in [0.1, 0.15) is 0 Å². The highest BCUT2D eigenvalue weighted by atomic mass is 79.9. The Labute approximate surface area is 111 Å². The zero-order valence-corrected chi connectivity index (χ0v) is 10.9. The Balaban J connectivity index is 2.09. The minimum Gasteiger partial charge on any atom is -0.396 e. The first-order valence-corrected chi connectivity index (χ1v) is 6.27. The summed E-state index contributed by atoms with van der Waals surface area (Å²) in [7, 11) is 0. The third-order valence-corrected chi connectivity index (χ3v) is 3.17. The Bertz CT molecular complexity index is 690. The van der Waals surface area contributed by atoms with Gasteiger partial charge in [0.2, 0.25) is 11.7 Å². The first kappa shape index (κ1) is 11.4. The summed E-state index contributed by atoms with van der Waals surface area (Å²) in [6, 6.07) is 5.96. The van der Waals surface area contributed by atoms with Crippen molar-refractivity contribution in [3.05, 3.63) is 34.8 Å². The molecule has 3 aromatic rings. The summed E-state index contributed by atoms with van der Waals surface area (Å²) in [6.07, 6.45) is 2.23. The number of hydrogen-bond donors (Lipinski definition) is 2. The van der Waals surface area contributed by atoms with Gasteiger partial charge in [-0.05, 0) is 18.2 Å². The SMILES string of the molecule is OCCc1nc(-c2c[nH]c3ccc(Br)cc23)no1. The lowest BCUT2D eigenvalue weighted by molar-refractivity contribution is 0.274. The van der Waals surface area contributed by atoms with E-state index in [1.165, 1.54) is 0 Å². The molecule has 0 bridgehead atoms. The van der Waals surface area contributed by atoms with Crippen LogP contribution in [0.3, 0.4) is 0 Å². The van der Waals surface area contributed by atoms with E-state index in [4.69, 9.17) is 9.63 Å². The second kappa shape index (κ2) is 4.55. The molecule has 0 spiro atoms. The molecule has 5 nitrogen and oxygen atoms in total. The fourth-order valence-corrected chi connectivity index (χ4v) is 2.20. The molecule has 0 aliphatic rings. The summed E-state index contributed by atoms with van der Waals surface area (Å²) in [4.78, 5) is 7.41. The number of fused-ring (bicyclic) bond motifs is 1. The van der Waals surface area contributed by atoms with Crippen molar-refractivity contribution in [2.45, 2.75) is 6.42 Å². The molecule has 2 aromatic heterocycles. The van der Waals surface area contributed by atoms with Crippen LogP contribution in [0.4, 0.5) is 0 Å². The van der Waals surface area contributed by atoms with Crippen LogP contribution in [0.15, 0.2) is 33.4 Å². The van der Waals surface area contributed by atoms with Gasteiger partial charge in [0, 0.05) is 27.1 Å². The van der Waals surface area contributed by atoms with Gasteiger partial charge in [-0.15, -0.1) is 0 Å². The average Bonchev–Trinajstić information content (AvgIpc) is 2.95. The summed E-state index contributed by atoms with van der Waals surface area (Å²) in [5, 5.41) is 13.8. The van der Waals surface area contributed by atoms with Crippen molar-refractivity contribution >= 4 is 26.8 Å². The fourth-order valence-electron chi connectivity index (χ4n) is 1.84. The van der Waals surface area contributed by atoms with Crippen molar-refractivity contribution in [2.24, 2.45) is 0 Å². The highest BCUT2D eigenvalue weighted by Gasteiger charge is 2.13. The van der Waals surface area contributed by atoms with Gasteiger partial charge >= 0.3 is 0 Å². The molecule has 6 heteroatoms. The Kier molecular flexibility index (Phi) is 2.89. The Morgan fingerprint density at radius 2 is 2.28 bits per heavy atom. The van der Waals surface area contributed by atoms with Crippen LogP contribution in [-0.2, 0) is 6.42 Å². The van der Waals surface area contributed by atoms with Gasteiger partial charge in [-0.25, -0.2) is 0 Å². The number of aliphatic hydroxyl groups excluding tert-OH is 1. The van der Waals surface area contributed by atoms with Crippen molar-refractivity contribution < 1.29 is 9.63 Å². The molecule has 2 heterocycles. The lowest BCUT2D eigenvalue weighted by Crippen LogP contribution is -1.89. The Hall–Kier alpha value is -1.66. The van der Waals surface area contributed by atoms with E-state index in [0.717, 1.165) is 20.9 Å². The quantitative estimate of drug-likeness (QED) is 0.779. The molecule has 2 N–H and O–H groups in total. The summed E-state index contributed by atoms with van der Waals surface area (Å²) in [5.41, 5.74) is 1.90. The first-order chi connectivity index (χ1) is 8.78. The van der Waals surface area contributed by atoms with Crippen LogP contribution in [0.1, 0.15) is 5.89 Å². The topological polar surface area (TPSA) is 74.9 Å². The maximum Gasteiger partial charge on any atom is 0.229 e. The van der Waals surface area contributed by atoms with Crippen molar-refractivity contribution in [3.8, 4) is 11.4 Å². The number of nitrogens with one attached hydrogen (secondary N) is 1. The van der Waals surface area contributed by atoms with Crippen molar-refractivity contribution in [1.82, 2.24) is 15.1 Å². The summed E-state index contributed by atoms with van der Waals surface area (Å²) in [5.74, 6) is 0.972. The Morgan fingerprint density at radius 3 is 3.11 bits per heavy atom. The lowest BCUT2D eigenvalue weighted by atomic mass is 10.2. The fraction of sp³-hybridized carbons (Fsp3) is 0.167. The zero-order valence-electron chi connectivity index (χ0n) is 9.35. The third-order valence-electron chi connectivity index (χ3n) is 2.68. The average molecular weight is 308 g/mol. The number of aromatic amines is 1. The van der Waals surface area contributed by atoms with Gasteiger partial charge < -0.3 is 14.6 Å². The summed E-state index contributed by atoms with van der Waals surface area (Å²) >= 11 is 3.44. The predicted octanol–water partition coefficient (Wildman–Crippen LogP) is 2.52. The van der Waals surface area contributed by atoms with Crippen LogP contribution in [-0.4, -0.2) is 26.8 Å². The largest absolute Gasteiger partial charge is 0.396 e. The molecule has 0 aliphatic heterocycles. The highest BCUT2D eigenvalue weighted by molar-refractivity contribution is 9.10. The Morgan fingerprint density at radius 1 is 1.39 bits per heavy atom. The molecule has 0 unspecified atom stereocenters. The molecule has 3 rings (SSSR count). The number of aliphatic hydroxyl groups is 1. The molecule has 0 atom stereocenters. The van der Waals surface area contributed by atoms with Gasteiger partial charge in [-0.3, -0.25) is 0 Å². The van der Waals surface area contributed by atoms with E-state index < -0.39 is 0 Å². The van der Waals surface area contributed by atoms with Crippen LogP contribution in [0.5, 0.6) is 0 Å². The molecule has 18 heavy (non-hydrogen) atoms. The van der Waals surface area contributed by atoms with Crippen molar-refractivity contribution in [2.75, 3.05) is 6.61 Å². The normalized spacial score (nSPS) is 11.2. The van der Waals surface area contributed by atoms with Gasteiger partial charge in [0.05, 0.1) is 13.0 Å². The number of benzene rings is 1. The number of H-pyrrole nitrogens is 1.